The first kappa shape index (κ1) is 16.8. The third-order valence-corrected chi connectivity index (χ3v) is 3.17. The third kappa shape index (κ3) is 5.81. The van der Waals surface area contributed by atoms with Crippen LogP contribution in [0.2, 0.25) is 5.15 Å². The molecule has 0 amide bonds. The number of anilines is 2. The molecule has 0 fully saturated rings. The fraction of sp³-hybridized carbons (Fsp3) is 0.429. The number of alkyl halides is 6. The van der Waals surface area contributed by atoms with Gasteiger partial charge in [-0.15, -0.1) is 0 Å². The Morgan fingerprint density at radius 1 is 0.963 bits per heavy atom. The predicted octanol–water partition coefficient (Wildman–Crippen LogP) is 4.31. The smallest absolute Gasteiger partial charge is 0.343 e. The summed E-state index contributed by atoms with van der Waals surface area (Å²) in [5.74, 6) is -2.31. The quantitative estimate of drug-likeness (QED) is 0.557. The molecule has 2 atom stereocenters. The van der Waals surface area contributed by atoms with Crippen molar-refractivity contribution in [2.45, 2.75) is 38.2 Å². The lowest BCUT2D eigenvalue weighted by atomic mass is 10.3. The molecule has 2 rings (SSSR count). The number of rotatable bonds is 5. The van der Waals surface area contributed by atoms with E-state index in [1.807, 2.05) is 0 Å². The van der Waals surface area contributed by atoms with Gasteiger partial charge < -0.3 is 10.6 Å². The average Bonchev–Trinajstić information content (AvgIpc) is 2.54. The maximum absolute atomic E-state index is 13.0. The molecule has 0 aliphatic heterocycles. The van der Waals surface area contributed by atoms with Gasteiger partial charge in [0.25, 0.3) is 0 Å². The summed E-state index contributed by atoms with van der Waals surface area (Å²) in [4.78, 5) is 14.5. The van der Waals surface area contributed by atoms with Crippen molar-refractivity contribution in [2.75, 3.05) is 10.6 Å². The topological polar surface area (TPSA) is 75.6 Å². The summed E-state index contributed by atoms with van der Waals surface area (Å²) < 4.78 is 100. The molecule has 0 spiro atoms. The highest BCUT2D eigenvalue weighted by atomic mass is 35.5. The summed E-state index contributed by atoms with van der Waals surface area (Å²) in [5, 5.41) is 3.00. The van der Waals surface area contributed by atoms with Crippen molar-refractivity contribution in [3.05, 3.63) is 23.3 Å². The Morgan fingerprint density at radius 2 is 1.44 bits per heavy atom. The molecular weight excluding hydrogens is 402 g/mol. The van der Waals surface area contributed by atoms with E-state index in [0.717, 1.165) is 12.1 Å². The van der Waals surface area contributed by atoms with E-state index in [0.29, 0.717) is 13.8 Å². The zero-order valence-corrected chi connectivity index (χ0v) is 14.3. The number of pyridine rings is 1. The first-order valence-corrected chi connectivity index (χ1v) is 7.40. The zero-order chi connectivity index (χ0) is 23.1. The second-order valence-corrected chi connectivity index (χ2v) is 5.43. The first-order valence-electron chi connectivity index (χ1n) is 8.52. The summed E-state index contributed by atoms with van der Waals surface area (Å²) >= 11 is 5.72. The van der Waals surface area contributed by atoms with Crippen molar-refractivity contribution in [3.8, 4) is 11.5 Å². The van der Waals surface area contributed by atoms with E-state index in [-0.39, 0.29) is 16.9 Å². The second kappa shape index (κ2) is 7.71. The Hall–Kier alpha value is -2.37. The number of halogens is 7. The van der Waals surface area contributed by atoms with E-state index in [9.17, 15) is 26.3 Å². The molecule has 13 heteroatoms. The molecular formula is C14H13ClF6N6. The third-order valence-electron chi connectivity index (χ3n) is 2.98. The largest absolute Gasteiger partial charge is 0.408 e. The van der Waals surface area contributed by atoms with Gasteiger partial charge in [-0.1, -0.05) is 17.7 Å². The molecule has 0 bridgehead atoms. The Balaban J connectivity index is 2.58. The Morgan fingerprint density at radius 3 is 1.85 bits per heavy atom. The van der Waals surface area contributed by atoms with Crippen LogP contribution in [0.15, 0.2) is 18.2 Å². The number of hydrogen-bond acceptors (Lipinski definition) is 6. The van der Waals surface area contributed by atoms with Gasteiger partial charge in [0.2, 0.25) is 11.9 Å². The molecule has 6 nitrogen and oxygen atoms in total. The van der Waals surface area contributed by atoms with Gasteiger partial charge >= 0.3 is 12.4 Å². The standard InChI is InChI=1S/C14H13ClF6N6/c1-6(13(16,17)18)22-11-25-10(8-4-3-5-9(15)24-8)26-12(27-11)23-7(2)14(19,20)21/h3-7H,1-2H3,(H2,22,23,25,26,27)/t6-,7-/m1/s1/i5D,6D,7D. The SMILES string of the molecule is [2H]c1ccc(-c2nc(N[C@]([2H])(C)C(F)(F)F)nc(N[C@]([2H])(C)C(F)(F)F)n2)nc1Cl. The molecule has 0 aliphatic carbocycles. The molecule has 2 aromatic heterocycles. The lowest BCUT2D eigenvalue weighted by Gasteiger charge is -2.20. The van der Waals surface area contributed by atoms with Gasteiger partial charge in [0.15, 0.2) is 5.82 Å². The summed E-state index contributed by atoms with van der Waals surface area (Å²) in [6, 6.07) is -4.48. The van der Waals surface area contributed by atoms with Crippen molar-refractivity contribution in [2.24, 2.45) is 0 Å². The van der Waals surface area contributed by atoms with Crippen LogP contribution in [0.1, 0.15) is 18.0 Å². The van der Waals surface area contributed by atoms with E-state index in [1.54, 1.807) is 10.6 Å². The summed E-state index contributed by atoms with van der Waals surface area (Å²) in [5.41, 5.74) is -0.193. The van der Waals surface area contributed by atoms with Gasteiger partial charge in [-0.05, 0) is 26.0 Å². The minimum absolute atomic E-state index is 0.193. The first-order chi connectivity index (χ1) is 13.4. The van der Waals surface area contributed by atoms with Crippen molar-refractivity contribution < 1.29 is 30.5 Å². The highest BCUT2D eigenvalue weighted by molar-refractivity contribution is 6.29. The predicted molar refractivity (Wildman–Crippen MR) is 86.3 cm³/mol. The minimum atomic E-state index is -5.09. The van der Waals surface area contributed by atoms with Gasteiger partial charge in [0.05, 0.1) is 4.11 Å². The fourth-order valence-corrected chi connectivity index (χ4v) is 1.72. The Bertz CT molecular complexity index is 891. The minimum Gasteiger partial charge on any atom is -0.343 e. The van der Waals surface area contributed by atoms with Gasteiger partial charge in [-0.2, -0.15) is 41.3 Å². The van der Waals surface area contributed by atoms with Crippen molar-refractivity contribution in [1.82, 2.24) is 19.9 Å². The van der Waals surface area contributed by atoms with Gasteiger partial charge in [-0.3, -0.25) is 0 Å². The molecule has 0 aliphatic rings. The van der Waals surface area contributed by atoms with E-state index in [1.165, 1.54) is 0 Å². The van der Waals surface area contributed by atoms with Crippen LogP contribution in [0.25, 0.3) is 11.5 Å². The highest BCUT2D eigenvalue weighted by Crippen LogP contribution is 2.26. The normalized spacial score (nSPS) is 18.5. The molecule has 2 aromatic rings. The molecule has 0 saturated carbocycles. The molecule has 148 valence electrons. The molecule has 0 unspecified atom stereocenters. The van der Waals surface area contributed by atoms with E-state index >= 15 is 0 Å². The molecule has 2 heterocycles. The summed E-state index contributed by atoms with van der Waals surface area (Å²) in [7, 11) is 0. The average molecular weight is 418 g/mol. The lowest BCUT2D eigenvalue weighted by Crippen LogP contribution is -2.35. The van der Waals surface area contributed by atoms with Crippen LogP contribution in [0.3, 0.4) is 0 Å². The highest BCUT2D eigenvalue weighted by Gasteiger charge is 2.38. The number of hydrogen-bond donors (Lipinski definition) is 2. The van der Waals surface area contributed by atoms with Crippen LogP contribution in [0, 0.1) is 0 Å². The maximum atomic E-state index is 13.0. The molecule has 27 heavy (non-hydrogen) atoms. The fourth-order valence-electron chi connectivity index (χ4n) is 1.57. The van der Waals surface area contributed by atoms with Crippen LogP contribution < -0.4 is 10.6 Å². The Kier molecular flexibility index (Phi) is 4.79. The summed E-state index contributed by atoms with van der Waals surface area (Å²) in [6.07, 6.45) is -10.2. The van der Waals surface area contributed by atoms with E-state index in [2.05, 4.69) is 19.9 Å². The molecule has 0 radical (unpaired) electrons. The zero-order valence-electron chi connectivity index (χ0n) is 16.6. The Labute approximate surface area is 158 Å². The molecule has 0 aromatic carbocycles. The van der Waals surface area contributed by atoms with Gasteiger partial charge in [0, 0.05) is 0 Å². The van der Waals surface area contributed by atoms with Crippen molar-refractivity contribution >= 4 is 23.5 Å². The van der Waals surface area contributed by atoms with Crippen LogP contribution in [0.4, 0.5) is 38.2 Å². The maximum Gasteiger partial charge on any atom is 0.408 e. The van der Waals surface area contributed by atoms with E-state index < -0.39 is 42.1 Å². The monoisotopic (exact) mass is 417 g/mol. The number of nitrogens with one attached hydrogen (secondary N) is 2. The number of nitrogens with zero attached hydrogens (tertiary/aromatic N) is 4. The van der Waals surface area contributed by atoms with Crippen LogP contribution in [0.5, 0.6) is 0 Å². The summed E-state index contributed by atoms with van der Waals surface area (Å²) in [6.45, 7) is 0.885. The lowest BCUT2D eigenvalue weighted by molar-refractivity contribution is -0.139. The second-order valence-electron chi connectivity index (χ2n) is 5.07. The van der Waals surface area contributed by atoms with Crippen LogP contribution in [-0.4, -0.2) is 44.3 Å². The molecule has 0 saturated heterocycles. The number of aromatic nitrogens is 4. The van der Waals surface area contributed by atoms with Crippen molar-refractivity contribution in [3.63, 3.8) is 0 Å². The van der Waals surface area contributed by atoms with Crippen LogP contribution in [-0.2, 0) is 0 Å². The van der Waals surface area contributed by atoms with E-state index in [4.69, 9.17) is 15.7 Å². The van der Waals surface area contributed by atoms with Crippen molar-refractivity contribution in [1.29, 1.82) is 0 Å². The van der Waals surface area contributed by atoms with Gasteiger partial charge in [-0.25, -0.2) is 4.98 Å². The van der Waals surface area contributed by atoms with Gasteiger partial charge in [0.1, 0.15) is 22.9 Å². The van der Waals surface area contributed by atoms with Crippen LogP contribution >= 0.6 is 11.6 Å². The molecule has 2 N–H and O–H groups in total.